The third-order valence-corrected chi connectivity index (χ3v) is 12.2. The van der Waals surface area contributed by atoms with Gasteiger partial charge in [0, 0.05) is 19.3 Å². The summed E-state index contributed by atoms with van der Waals surface area (Å²) in [6.45, 7) is 6.51. The van der Waals surface area contributed by atoms with Gasteiger partial charge in [-0.2, -0.15) is 0 Å². The fourth-order valence-corrected chi connectivity index (χ4v) is 7.93. The summed E-state index contributed by atoms with van der Waals surface area (Å²) < 4.78 is 16.8. The minimum Gasteiger partial charge on any atom is -0.462 e. The molecule has 0 aliphatic carbocycles. The van der Waals surface area contributed by atoms with Gasteiger partial charge < -0.3 is 14.2 Å². The van der Waals surface area contributed by atoms with Crippen molar-refractivity contribution in [2.45, 2.75) is 284 Å². The van der Waals surface area contributed by atoms with Gasteiger partial charge in [-0.05, 0) is 89.9 Å². The van der Waals surface area contributed by atoms with Gasteiger partial charge in [0.1, 0.15) is 13.2 Å². The molecule has 386 valence electrons. The topological polar surface area (TPSA) is 78.9 Å². The number of allylic oxidation sites excluding steroid dienone is 12. The number of unbranched alkanes of at least 4 members (excludes halogenated alkanes) is 28. The predicted molar refractivity (Wildman–Crippen MR) is 288 cm³/mol. The first-order valence-electron chi connectivity index (χ1n) is 28.4. The molecule has 0 aromatic rings. The van der Waals surface area contributed by atoms with Gasteiger partial charge in [0.15, 0.2) is 6.10 Å². The molecule has 67 heavy (non-hydrogen) atoms. The van der Waals surface area contributed by atoms with E-state index in [1.54, 1.807) is 0 Å². The fourth-order valence-electron chi connectivity index (χ4n) is 7.93. The lowest BCUT2D eigenvalue weighted by atomic mass is 10.0. The normalized spacial score (nSPS) is 12.6. The molecule has 6 heteroatoms. The predicted octanol–water partition coefficient (Wildman–Crippen LogP) is 19.0. The van der Waals surface area contributed by atoms with Crippen molar-refractivity contribution in [2.75, 3.05) is 13.2 Å². The zero-order valence-electron chi connectivity index (χ0n) is 44.2. The van der Waals surface area contributed by atoms with Crippen LogP contribution in [0.15, 0.2) is 72.9 Å². The van der Waals surface area contributed by atoms with Gasteiger partial charge in [-0.15, -0.1) is 0 Å². The molecule has 0 saturated carbocycles. The van der Waals surface area contributed by atoms with E-state index in [9.17, 15) is 14.4 Å². The van der Waals surface area contributed by atoms with E-state index in [0.717, 1.165) is 96.3 Å². The summed E-state index contributed by atoms with van der Waals surface area (Å²) in [5, 5.41) is 0. The van der Waals surface area contributed by atoms with Crippen molar-refractivity contribution in [1.82, 2.24) is 0 Å². The molecule has 0 aliphatic rings. The van der Waals surface area contributed by atoms with Crippen molar-refractivity contribution in [3.8, 4) is 0 Å². The minimum atomic E-state index is -0.790. The number of rotatable bonds is 51. The lowest BCUT2D eigenvalue weighted by Crippen LogP contribution is -2.30. The summed E-state index contributed by atoms with van der Waals surface area (Å²) >= 11 is 0. The van der Waals surface area contributed by atoms with Crippen LogP contribution in [0.5, 0.6) is 0 Å². The van der Waals surface area contributed by atoms with Crippen LogP contribution in [-0.2, 0) is 28.6 Å². The second kappa shape index (κ2) is 55.4. The first kappa shape index (κ1) is 63.8. The maximum absolute atomic E-state index is 12.8. The van der Waals surface area contributed by atoms with Gasteiger partial charge in [-0.25, -0.2) is 0 Å². The van der Waals surface area contributed by atoms with Crippen LogP contribution in [0.25, 0.3) is 0 Å². The summed E-state index contributed by atoms with van der Waals surface area (Å²) in [6, 6.07) is 0. The molecule has 0 spiro atoms. The van der Waals surface area contributed by atoms with Crippen LogP contribution in [0.2, 0.25) is 0 Å². The first-order valence-corrected chi connectivity index (χ1v) is 28.4. The van der Waals surface area contributed by atoms with Crippen LogP contribution in [0.3, 0.4) is 0 Å². The summed E-state index contributed by atoms with van der Waals surface area (Å²) in [7, 11) is 0. The summed E-state index contributed by atoms with van der Waals surface area (Å²) in [4.78, 5) is 38.1. The third kappa shape index (κ3) is 53.7. The number of esters is 3. The molecule has 0 amide bonds. The van der Waals surface area contributed by atoms with Crippen molar-refractivity contribution in [1.29, 1.82) is 0 Å². The molecule has 0 aromatic heterocycles. The van der Waals surface area contributed by atoms with Crippen molar-refractivity contribution < 1.29 is 28.6 Å². The van der Waals surface area contributed by atoms with E-state index in [0.29, 0.717) is 19.3 Å². The Bertz CT molecular complexity index is 1260. The molecular formula is C61H106O6. The highest BCUT2D eigenvalue weighted by atomic mass is 16.6. The number of hydrogen-bond donors (Lipinski definition) is 0. The molecule has 0 aliphatic heterocycles. The zero-order valence-corrected chi connectivity index (χ0v) is 44.2. The molecule has 1 atom stereocenters. The van der Waals surface area contributed by atoms with E-state index in [4.69, 9.17) is 14.2 Å². The average molecular weight is 936 g/mol. The Balaban J connectivity index is 4.43. The molecule has 0 heterocycles. The molecule has 0 bridgehead atoms. The van der Waals surface area contributed by atoms with E-state index >= 15 is 0 Å². The maximum atomic E-state index is 12.8. The van der Waals surface area contributed by atoms with E-state index in [2.05, 4.69) is 93.7 Å². The van der Waals surface area contributed by atoms with E-state index in [1.807, 2.05) is 0 Å². The van der Waals surface area contributed by atoms with Crippen LogP contribution in [0, 0.1) is 0 Å². The van der Waals surface area contributed by atoms with E-state index in [1.165, 1.54) is 141 Å². The molecule has 0 unspecified atom stereocenters. The Hall–Kier alpha value is -3.15. The summed E-state index contributed by atoms with van der Waals surface area (Å²) in [6.07, 6.45) is 70.3. The van der Waals surface area contributed by atoms with Gasteiger partial charge >= 0.3 is 17.9 Å². The quantitative estimate of drug-likeness (QED) is 0.0262. The highest BCUT2D eigenvalue weighted by Crippen LogP contribution is 2.15. The van der Waals surface area contributed by atoms with Crippen LogP contribution in [0.4, 0.5) is 0 Å². The first-order chi connectivity index (χ1) is 33.0. The Morgan fingerprint density at radius 2 is 0.582 bits per heavy atom. The van der Waals surface area contributed by atoms with E-state index in [-0.39, 0.29) is 31.1 Å². The highest BCUT2D eigenvalue weighted by Gasteiger charge is 2.19. The largest absolute Gasteiger partial charge is 0.462 e. The molecule has 0 saturated heterocycles. The molecule has 0 rings (SSSR count). The second-order valence-electron chi connectivity index (χ2n) is 18.8. The van der Waals surface area contributed by atoms with Crippen molar-refractivity contribution >= 4 is 17.9 Å². The molecule has 0 N–H and O–H groups in total. The lowest BCUT2D eigenvalue weighted by molar-refractivity contribution is -0.167. The molecule has 0 aromatic carbocycles. The Kier molecular flexibility index (Phi) is 52.8. The number of hydrogen-bond acceptors (Lipinski definition) is 6. The standard InChI is InChI=1S/C61H106O6/c1-4-7-10-13-16-19-22-25-27-29-30-32-33-36-39-42-45-48-51-54-60(63)66-57-58(56-65-59(62)53-50-47-44-41-38-35-24-21-18-15-12-9-6-3)67-61(64)55-52-49-46-43-40-37-34-31-28-26-23-20-17-14-11-8-5-2/h7,10,16,19,25-28,30,32,36,39,58H,4-6,8-9,11-15,17-18,20-24,29,31,33-35,37-38,40-57H2,1-3H3/b10-7-,19-16-,27-25-,28-26-,32-30-,39-36-/t58-/m0/s1. The van der Waals surface area contributed by atoms with Gasteiger partial charge in [-0.3, -0.25) is 14.4 Å². The summed E-state index contributed by atoms with van der Waals surface area (Å²) in [5.41, 5.74) is 0. The van der Waals surface area contributed by atoms with Gasteiger partial charge in [0.25, 0.3) is 0 Å². The van der Waals surface area contributed by atoms with Crippen LogP contribution >= 0.6 is 0 Å². The Morgan fingerprint density at radius 3 is 0.940 bits per heavy atom. The van der Waals surface area contributed by atoms with Crippen LogP contribution < -0.4 is 0 Å². The molecule has 0 fully saturated rings. The lowest BCUT2D eigenvalue weighted by Gasteiger charge is -2.18. The maximum Gasteiger partial charge on any atom is 0.306 e. The zero-order chi connectivity index (χ0) is 48.6. The van der Waals surface area contributed by atoms with Crippen molar-refractivity contribution in [3.63, 3.8) is 0 Å². The summed E-state index contributed by atoms with van der Waals surface area (Å²) in [5.74, 6) is -0.915. The monoisotopic (exact) mass is 935 g/mol. The smallest absolute Gasteiger partial charge is 0.306 e. The van der Waals surface area contributed by atoms with Crippen LogP contribution in [-0.4, -0.2) is 37.2 Å². The molecule has 0 radical (unpaired) electrons. The van der Waals surface area contributed by atoms with Gasteiger partial charge in [-0.1, -0.05) is 241 Å². The van der Waals surface area contributed by atoms with Gasteiger partial charge in [0.05, 0.1) is 0 Å². The molecular weight excluding hydrogens is 829 g/mol. The van der Waals surface area contributed by atoms with Crippen molar-refractivity contribution in [3.05, 3.63) is 72.9 Å². The Morgan fingerprint density at radius 1 is 0.313 bits per heavy atom. The Labute approximate surface area is 414 Å². The van der Waals surface area contributed by atoms with Gasteiger partial charge in [0.2, 0.25) is 0 Å². The van der Waals surface area contributed by atoms with Crippen molar-refractivity contribution in [2.24, 2.45) is 0 Å². The third-order valence-electron chi connectivity index (χ3n) is 12.2. The fraction of sp³-hybridized carbons (Fsp3) is 0.754. The van der Waals surface area contributed by atoms with E-state index < -0.39 is 6.10 Å². The molecule has 6 nitrogen and oxygen atoms in total. The number of ether oxygens (including phenoxy) is 3. The minimum absolute atomic E-state index is 0.0855. The average Bonchev–Trinajstić information content (AvgIpc) is 3.33. The van der Waals surface area contributed by atoms with Crippen LogP contribution in [0.1, 0.15) is 278 Å². The number of carbonyl (C=O) groups is 3. The number of carbonyl (C=O) groups excluding carboxylic acids is 3. The highest BCUT2D eigenvalue weighted by molar-refractivity contribution is 5.71. The second-order valence-corrected chi connectivity index (χ2v) is 18.8. The SMILES string of the molecule is CC/C=C\C/C=C\C/C=C\C/C=C\C/C=C\CCCCCC(=O)OC[C@H](COC(=O)CCCCCCCCCCCCCCC)OC(=O)CCCCCCCCC/C=C\CCCCCCCC.